The third kappa shape index (κ3) is 4.35. The number of hydrogen-bond acceptors (Lipinski definition) is 4. The molecule has 0 radical (unpaired) electrons. The van der Waals surface area contributed by atoms with E-state index in [2.05, 4.69) is 25.3 Å². The number of hydrogen-bond donors (Lipinski definition) is 2. The lowest BCUT2D eigenvalue weighted by Gasteiger charge is -2.11. The van der Waals surface area contributed by atoms with Gasteiger partial charge in [0, 0.05) is 48.7 Å². The van der Waals surface area contributed by atoms with Crippen molar-refractivity contribution in [3.63, 3.8) is 0 Å². The van der Waals surface area contributed by atoms with E-state index in [0.29, 0.717) is 17.5 Å². The van der Waals surface area contributed by atoms with Crippen molar-refractivity contribution < 1.29 is 17.6 Å². The monoisotopic (exact) mass is 435 g/mol. The highest BCUT2D eigenvalue weighted by Crippen LogP contribution is 2.30. The molecule has 0 unspecified atom stereocenters. The third-order valence-electron chi connectivity index (χ3n) is 4.49. The molecule has 4 aromatic rings. The Labute approximate surface area is 173 Å². The largest absolute Gasteiger partial charge is 0.416 e. The Morgan fingerprint density at radius 1 is 1.00 bits per heavy atom. The Kier molecular flexibility index (Phi) is 5.29. The number of pyridine rings is 1. The number of anilines is 1. The topological polar surface area (TPSA) is 66.5 Å². The van der Waals surface area contributed by atoms with Gasteiger partial charge in [-0.05, 0) is 35.4 Å². The van der Waals surface area contributed by atoms with E-state index in [4.69, 9.17) is 11.6 Å². The summed E-state index contributed by atoms with van der Waals surface area (Å²) in [7, 11) is 0. The zero-order valence-electron chi connectivity index (χ0n) is 15.3. The van der Waals surface area contributed by atoms with Crippen LogP contribution < -0.4 is 5.32 Å². The fourth-order valence-electron chi connectivity index (χ4n) is 3.00. The standard InChI is InChI=1S/C20H14ClF4N5/c21-15-5-16-12(8-26-18(16)27-10-15)3-11-6-28-19(29-7-11)30-9-13-4-14(20(23,24)25)1-2-17(13)22/h1-2,4-8,10H,3,9H2,(H,26,27)(H,28,29,30). The summed E-state index contributed by atoms with van der Waals surface area (Å²) in [6, 6.07) is 4.09. The minimum atomic E-state index is -4.54. The zero-order valence-corrected chi connectivity index (χ0v) is 16.0. The lowest BCUT2D eigenvalue weighted by atomic mass is 10.1. The smallest absolute Gasteiger partial charge is 0.350 e. The first-order valence-corrected chi connectivity index (χ1v) is 9.19. The molecule has 0 atom stereocenters. The average Bonchev–Trinajstić information content (AvgIpc) is 3.09. The maximum Gasteiger partial charge on any atom is 0.416 e. The van der Waals surface area contributed by atoms with Crippen LogP contribution >= 0.6 is 11.6 Å². The highest BCUT2D eigenvalue weighted by molar-refractivity contribution is 6.31. The van der Waals surface area contributed by atoms with E-state index >= 15 is 0 Å². The minimum absolute atomic E-state index is 0.124. The molecule has 154 valence electrons. The van der Waals surface area contributed by atoms with Crippen LogP contribution in [0.2, 0.25) is 5.02 Å². The van der Waals surface area contributed by atoms with Crippen LogP contribution in [-0.4, -0.2) is 19.9 Å². The number of rotatable bonds is 5. The molecule has 1 aromatic carbocycles. The number of fused-ring (bicyclic) bond motifs is 1. The summed E-state index contributed by atoms with van der Waals surface area (Å²) in [6.07, 6.45) is 2.56. The number of benzene rings is 1. The van der Waals surface area contributed by atoms with Crippen molar-refractivity contribution in [3.8, 4) is 0 Å². The van der Waals surface area contributed by atoms with E-state index < -0.39 is 17.6 Å². The van der Waals surface area contributed by atoms with E-state index in [1.165, 1.54) is 0 Å². The minimum Gasteiger partial charge on any atom is -0.350 e. The fraction of sp³-hybridized carbons (Fsp3) is 0.150. The summed E-state index contributed by atoms with van der Waals surface area (Å²) in [5, 5.41) is 4.16. The van der Waals surface area contributed by atoms with Crippen molar-refractivity contribution >= 4 is 28.6 Å². The molecule has 30 heavy (non-hydrogen) atoms. The molecule has 2 N–H and O–H groups in total. The molecule has 0 spiro atoms. The van der Waals surface area contributed by atoms with E-state index in [1.807, 2.05) is 12.3 Å². The second-order valence-electron chi connectivity index (χ2n) is 6.61. The molecule has 0 saturated heterocycles. The Morgan fingerprint density at radius 3 is 2.50 bits per heavy atom. The van der Waals surface area contributed by atoms with Crippen molar-refractivity contribution in [1.82, 2.24) is 19.9 Å². The molecule has 10 heteroatoms. The van der Waals surface area contributed by atoms with E-state index in [9.17, 15) is 17.6 Å². The van der Waals surface area contributed by atoms with Crippen molar-refractivity contribution in [1.29, 1.82) is 0 Å². The number of aromatic amines is 1. The first kappa shape index (κ1) is 20.1. The maximum absolute atomic E-state index is 13.8. The van der Waals surface area contributed by atoms with Crippen LogP contribution in [0.4, 0.5) is 23.5 Å². The normalized spacial score (nSPS) is 11.8. The second-order valence-corrected chi connectivity index (χ2v) is 7.05. The zero-order chi connectivity index (χ0) is 21.3. The summed E-state index contributed by atoms with van der Waals surface area (Å²) in [6.45, 7) is -0.179. The van der Waals surface area contributed by atoms with Gasteiger partial charge in [-0.2, -0.15) is 13.2 Å². The molecule has 0 amide bonds. The summed E-state index contributed by atoms with van der Waals surface area (Å²) >= 11 is 6.00. The molecule has 0 aliphatic heterocycles. The summed E-state index contributed by atoms with van der Waals surface area (Å²) in [5.41, 5.74) is 1.46. The average molecular weight is 436 g/mol. The first-order valence-electron chi connectivity index (χ1n) is 8.81. The second kappa shape index (κ2) is 7.91. The van der Waals surface area contributed by atoms with Gasteiger partial charge in [0.2, 0.25) is 5.95 Å². The number of nitrogens with zero attached hydrogens (tertiary/aromatic N) is 3. The number of H-pyrrole nitrogens is 1. The van der Waals surface area contributed by atoms with Crippen LogP contribution in [0.5, 0.6) is 0 Å². The Bertz CT molecular complexity index is 1190. The van der Waals surface area contributed by atoms with Crippen molar-refractivity contribution in [2.75, 3.05) is 5.32 Å². The van der Waals surface area contributed by atoms with Gasteiger partial charge in [0.25, 0.3) is 0 Å². The summed E-state index contributed by atoms with van der Waals surface area (Å²) < 4.78 is 52.2. The van der Waals surface area contributed by atoms with Crippen molar-refractivity contribution in [3.05, 3.63) is 82.1 Å². The van der Waals surface area contributed by atoms with Crippen molar-refractivity contribution in [2.24, 2.45) is 0 Å². The summed E-state index contributed by atoms with van der Waals surface area (Å²) in [4.78, 5) is 15.6. The van der Waals surface area contributed by atoms with Crippen LogP contribution in [-0.2, 0) is 19.1 Å². The van der Waals surface area contributed by atoms with Gasteiger partial charge >= 0.3 is 6.18 Å². The highest BCUT2D eigenvalue weighted by Gasteiger charge is 2.31. The molecule has 4 rings (SSSR count). The van der Waals surface area contributed by atoms with E-state index in [1.54, 1.807) is 18.6 Å². The number of halogens is 5. The van der Waals surface area contributed by atoms with Crippen LogP contribution in [0.25, 0.3) is 11.0 Å². The molecule has 3 heterocycles. The van der Waals surface area contributed by atoms with Gasteiger partial charge in [-0.25, -0.2) is 19.3 Å². The van der Waals surface area contributed by atoms with Crippen LogP contribution in [0.3, 0.4) is 0 Å². The fourth-order valence-corrected chi connectivity index (χ4v) is 3.15. The maximum atomic E-state index is 13.8. The molecule has 0 aliphatic rings. The molecule has 0 fully saturated rings. The first-order chi connectivity index (χ1) is 14.3. The number of aromatic nitrogens is 4. The van der Waals surface area contributed by atoms with Crippen LogP contribution in [0.15, 0.2) is 49.1 Å². The predicted octanol–water partition coefficient (Wildman–Crippen LogP) is 5.37. The molecule has 0 bridgehead atoms. The molecular weight excluding hydrogens is 422 g/mol. The van der Waals surface area contributed by atoms with Gasteiger partial charge in [0.15, 0.2) is 0 Å². The summed E-state index contributed by atoms with van der Waals surface area (Å²) in [5.74, 6) is -0.557. The lowest BCUT2D eigenvalue weighted by Crippen LogP contribution is -2.09. The molecule has 5 nitrogen and oxygen atoms in total. The van der Waals surface area contributed by atoms with Crippen molar-refractivity contribution in [2.45, 2.75) is 19.1 Å². The molecular formula is C20H14ClF4N5. The van der Waals surface area contributed by atoms with Crippen LogP contribution in [0.1, 0.15) is 22.3 Å². The number of alkyl halides is 3. The van der Waals surface area contributed by atoms with Gasteiger partial charge in [-0.3, -0.25) is 0 Å². The number of nitrogens with one attached hydrogen (secondary N) is 2. The Balaban J connectivity index is 1.45. The SMILES string of the molecule is Fc1ccc(C(F)(F)F)cc1CNc1ncc(Cc2c[nH]c3ncc(Cl)cc23)cn1. The third-order valence-corrected chi connectivity index (χ3v) is 4.70. The lowest BCUT2D eigenvalue weighted by molar-refractivity contribution is -0.137. The van der Waals surface area contributed by atoms with Crippen LogP contribution in [0, 0.1) is 5.82 Å². The van der Waals surface area contributed by atoms with Gasteiger partial charge in [0.1, 0.15) is 11.5 Å². The van der Waals surface area contributed by atoms with Gasteiger partial charge in [-0.1, -0.05) is 11.6 Å². The van der Waals surface area contributed by atoms with E-state index in [-0.39, 0.29) is 18.1 Å². The Morgan fingerprint density at radius 2 is 1.77 bits per heavy atom. The van der Waals surface area contributed by atoms with E-state index in [0.717, 1.165) is 34.3 Å². The Hall–Kier alpha value is -3.20. The molecule has 0 saturated carbocycles. The highest BCUT2D eigenvalue weighted by atomic mass is 35.5. The van der Waals surface area contributed by atoms with Gasteiger partial charge < -0.3 is 10.3 Å². The quantitative estimate of drug-likeness (QED) is 0.414. The molecule has 0 aliphatic carbocycles. The van der Waals surface area contributed by atoms with Gasteiger partial charge in [-0.15, -0.1) is 0 Å². The predicted molar refractivity (Wildman–Crippen MR) is 105 cm³/mol. The molecule has 3 aromatic heterocycles. The van der Waals surface area contributed by atoms with Gasteiger partial charge in [0.05, 0.1) is 10.6 Å².